The highest BCUT2D eigenvalue weighted by molar-refractivity contribution is 7.80. The van der Waals surface area contributed by atoms with E-state index >= 15 is 0 Å². The molecule has 0 aromatic heterocycles. The lowest BCUT2D eigenvalue weighted by molar-refractivity contribution is -0.116. The van der Waals surface area contributed by atoms with Crippen LogP contribution in [0.1, 0.15) is 50.4 Å². The number of hydrogen-bond acceptors (Lipinski definition) is 4. The van der Waals surface area contributed by atoms with Crippen molar-refractivity contribution in [3.63, 3.8) is 0 Å². The van der Waals surface area contributed by atoms with Crippen LogP contribution in [0.2, 0.25) is 5.02 Å². The first kappa shape index (κ1) is 24.6. The summed E-state index contributed by atoms with van der Waals surface area (Å²) in [5.41, 5.74) is 1.52. The van der Waals surface area contributed by atoms with Gasteiger partial charge in [-0.05, 0) is 73.4 Å². The Bertz CT molecular complexity index is 917. The molecular weight excluding hydrogens is 434 g/mol. The van der Waals surface area contributed by atoms with Gasteiger partial charge in [-0.3, -0.25) is 14.9 Å². The molecule has 6 nitrogen and oxygen atoms in total. The lowest BCUT2D eigenvalue weighted by atomic mass is 10.1. The quantitative estimate of drug-likeness (QED) is 0.422. The van der Waals surface area contributed by atoms with Gasteiger partial charge in [0.1, 0.15) is 5.75 Å². The Hall–Kier alpha value is -2.64. The fourth-order valence-electron chi connectivity index (χ4n) is 2.59. The minimum Gasteiger partial charge on any atom is -0.494 e. The predicted molar refractivity (Wildman–Crippen MR) is 130 cm³/mol. The molecule has 0 spiro atoms. The number of benzene rings is 2. The largest absolute Gasteiger partial charge is 0.494 e. The van der Waals surface area contributed by atoms with Gasteiger partial charge in [0.2, 0.25) is 5.91 Å². The van der Waals surface area contributed by atoms with E-state index in [0.717, 1.165) is 12.8 Å². The van der Waals surface area contributed by atoms with E-state index in [9.17, 15) is 9.59 Å². The second-order valence-electron chi connectivity index (χ2n) is 7.46. The number of nitrogens with one attached hydrogen (secondary N) is 3. The molecule has 2 rings (SSSR count). The molecule has 166 valence electrons. The van der Waals surface area contributed by atoms with Gasteiger partial charge in [-0.2, -0.15) is 0 Å². The summed E-state index contributed by atoms with van der Waals surface area (Å²) in [6.07, 6.45) is 2.15. The maximum atomic E-state index is 12.5. The van der Waals surface area contributed by atoms with Crippen molar-refractivity contribution >= 4 is 52.1 Å². The average molecular weight is 462 g/mol. The van der Waals surface area contributed by atoms with E-state index < -0.39 is 0 Å². The van der Waals surface area contributed by atoms with Gasteiger partial charge in [0.15, 0.2) is 5.11 Å². The molecule has 0 saturated heterocycles. The Morgan fingerprint density at radius 1 is 1.10 bits per heavy atom. The van der Waals surface area contributed by atoms with E-state index in [1.54, 1.807) is 42.5 Å². The third-order valence-corrected chi connectivity index (χ3v) is 4.82. The van der Waals surface area contributed by atoms with E-state index in [1.807, 2.05) is 6.92 Å². The summed E-state index contributed by atoms with van der Waals surface area (Å²) in [5.74, 6) is 0.852. The molecule has 8 heteroatoms. The van der Waals surface area contributed by atoms with Crippen molar-refractivity contribution < 1.29 is 14.3 Å². The van der Waals surface area contributed by atoms with Gasteiger partial charge < -0.3 is 15.4 Å². The molecule has 0 fully saturated rings. The van der Waals surface area contributed by atoms with E-state index in [0.29, 0.717) is 46.7 Å². The van der Waals surface area contributed by atoms with Gasteiger partial charge in [-0.15, -0.1) is 0 Å². The van der Waals surface area contributed by atoms with E-state index in [1.165, 1.54) is 0 Å². The predicted octanol–water partition coefficient (Wildman–Crippen LogP) is 5.63. The molecule has 2 aromatic rings. The molecule has 0 heterocycles. The monoisotopic (exact) mass is 461 g/mol. The van der Waals surface area contributed by atoms with Gasteiger partial charge in [-0.1, -0.05) is 32.4 Å². The highest BCUT2D eigenvalue weighted by Crippen LogP contribution is 2.25. The Morgan fingerprint density at radius 3 is 2.45 bits per heavy atom. The minimum absolute atomic E-state index is 0.0803. The number of thiocarbonyl (C=S) groups is 1. The second kappa shape index (κ2) is 12.3. The topological polar surface area (TPSA) is 79.5 Å². The molecule has 2 aromatic carbocycles. The van der Waals surface area contributed by atoms with Crippen molar-refractivity contribution in [1.29, 1.82) is 0 Å². The van der Waals surface area contributed by atoms with Crippen LogP contribution in [0, 0.1) is 5.92 Å². The molecule has 2 amide bonds. The smallest absolute Gasteiger partial charge is 0.257 e. The van der Waals surface area contributed by atoms with Crippen molar-refractivity contribution in [2.75, 3.05) is 17.2 Å². The van der Waals surface area contributed by atoms with Gasteiger partial charge in [-0.25, -0.2) is 0 Å². The molecule has 0 unspecified atom stereocenters. The summed E-state index contributed by atoms with van der Waals surface area (Å²) in [6.45, 7) is 6.85. The van der Waals surface area contributed by atoms with Crippen LogP contribution in [0.25, 0.3) is 0 Å². The molecule has 3 N–H and O–H groups in total. The Kier molecular flexibility index (Phi) is 9.75. The number of rotatable bonds is 9. The normalized spacial score (nSPS) is 10.5. The van der Waals surface area contributed by atoms with Crippen LogP contribution < -0.4 is 20.7 Å². The van der Waals surface area contributed by atoms with Crippen LogP contribution in [-0.4, -0.2) is 23.5 Å². The number of ether oxygens (including phenoxy) is 1. The van der Waals surface area contributed by atoms with Crippen molar-refractivity contribution in [3.05, 3.63) is 53.1 Å². The first-order valence-electron chi connectivity index (χ1n) is 10.2. The minimum atomic E-state index is -0.352. The highest BCUT2D eigenvalue weighted by Gasteiger charge is 2.11. The van der Waals surface area contributed by atoms with Crippen molar-refractivity contribution in [2.45, 2.75) is 40.0 Å². The molecule has 0 atom stereocenters. The van der Waals surface area contributed by atoms with Crippen LogP contribution in [0.5, 0.6) is 5.75 Å². The van der Waals surface area contributed by atoms with Crippen LogP contribution in [-0.2, 0) is 4.79 Å². The Labute approximate surface area is 193 Å². The van der Waals surface area contributed by atoms with Crippen molar-refractivity contribution in [3.8, 4) is 5.75 Å². The third kappa shape index (κ3) is 8.55. The molecule has 31 heavy (non-hydrogen) atoms. The Morgan fingerprint density at radius 2 is 1.81 bits per heavy atom. The SMILES string of the molecule is CCCC(=O)Nc1ccc(Cl)c(NC(=S)NC(=O)c2ccc(OCCC(C)C)cc2)c1. The highest BCUT2D eigenvalue weighted by atomic mass is 35.5. The van der Waals surface area contributed by atoms with Crippen LogP contribution in [0.3, 0.4) is 0 Å². The van der Waals surface area contributed by atoms with E-state index in [4.69, 9.17) is 28.6 Å². The molecule has 0 aliphatic carbocycles. The van der Waals surface area contributed by atoms with Crippen LogP contribution >= 0.6 is 23.8 Å². The van der Waals surface area contributed by atoms with Crippen molar-refractivity contribution in [2.24, 2.45) is 5.92 Å². The zero-order valence-corrected chi connectivity index (χ0v) is 19.5. The van der Waals surface area contributed by atoms with Crippen molar-refractivity contribution in [1.82, 2.24) is 5.32 Å². The summed E-state index contributed by atoms with van der Waals surface area (Å²) in [5, 5.41) is 8.83. The molecule has 0 saturated carbocycles. The molecule has 0 aliphatic rings. The number of amides is 2. The van der Waals surface area contributed by atoms with Gasteiger partial charge >= 0.3 is 0 Å². The maximum absolute atomic E-state index is 12.5. The van der Waals surface area contributed by atoms with E-state index in [-0.39, 0.29) is 16.9 Å². The molecular formula is C23H28ClN3O3S. The fraction of sp³-hybridized carbons (Fsp3) is 0.348. The summed E-state index contributed by atoms with van der Waals surface area (Å²) >= 11 is 11.4. The van der Waals surface area contributed by atoms with E-state index in [2.05, 4.69) is 29.8 Å². The first-order chi connectivity index (χ1) is 14.8. The average Bonchev–Trinajstić information content (AvgIpc) is 2.71. The fourth-order valence-corrected chi connectivity index (χ4v) is 2.96. The zero-order chi connectivity index (χ0) is 22.8. The van der Waals surface area contributed by atoms with Gasteiger partial charge in [0.25, 0.3) is 5.91 Å². The number of carbonyl (C=O) groups is 2. The third-order valence-electron chi connectivity index (χ3n) is 4.28. The summed E-state index contributed by atoms with van der Waals surface area (Å²) in [4.78, 5) is 24.2. The number of anilines is 2. The Balaban J connectivity index is 1.93. The molecule has 0 radical (unpaired) electrons. The van der Waals surface area contributed by atoms with Gasteiger partial charge in [0, 0.05) is 17.7 Å². The molecule has 0 aliphatic heterocycles. The number of hydrogen-bond donors (Lipinski definition) is 3. The lowest BCUT2D eigenvalue weighted by Crippen LogP contribution is -2.34. The maximum Gasteiger partial charge on any atom is 0.257 e. The zero-order valence-electron chi connectivity index (χ0n) is 18.0. The van der Waals surface area contributed by atoms with Crippen LogP contribution in [0.4, 0.5) is 11.4 Å². The second-order valence-corrected chi connectivity index (χ2v) is 8.27. The standard InChI is InChI=1S/C23H28ClN3O3S/c1-4-5-21(28)25-17-8-11-19(24)20(14-17)26-23(31)27-22(29)16-6-9-18(10-7-16)30-13-12-15(2)3/h6-11,14-15H,4-5,12-13H2,1-3H3,(H,25,28)(H2,26,27,29,31). The summed E-state index contributed by atoms with van der Waals surface area (Å²) in [6, 6.07) is 11.9. The van der Waals surface area contributed by atoms with Gasteiger partial charge in [0.05, 0.1) is 17.3 Å². The first-order valence-corrected chi connectivity index (χ1v) is 11.0. The lowest BCUT2D eigenvalue weighted by Gasteiger charge is -2.13. The van der Waals surface area contributed by atoms with Crippen LogP contribution in [0.15, 0.2) is 42.5 Å². The number of halogens is 1. The number of carbonyl (C=O) groups excluding carboxylic acids is 2. The molecule has 0 bridgehead atoms. The summed E-state index contributed by atoms with van der Waals surface area (Å²) in [7, 11) is 0. The summed E-state index contributed by atoms with van der Waals surface area (Å²) < 4.78 is 5.66.